The van der Waals surface area contributed by atoms with E-state index >= 15 is 0 Å². The van der Waals surface area contributed by atoms with Crippen LogP contribution < -0.4 is 10.0 Å². The van der Waals surface area contributed by atoms with Crippen LogP contribution in [0.5, 0.6) is 0 Å². The van der Waals surface area contributed by atoms with Gasteiger partial charge in [-0.2, -0.15) is 4.72 Å². The molecule has 0 aliphatic rings. The van der Waals surface area contributed by atoms with E-state index in [-0.39, 0.29) is 10.1 Å². The van der Waals surface area contributed by atoms with Crippen molar-refractivity contribution in [3.05, 3.63) is 17.5 Å². The molecule has 136 valence electrons. The lowest BCUT2D eigenvalue weighted by atomic mass is 10.1. The topological polar surface area (TPSA) is 102 Å². The van der Waals surface area contributed by atoms with Crippen LogP contribution in [0, 0.1) is 5.92 Å². The molecule has 7 nitrogen and oxygen atoms in total. The number of rotatable bonds is 7. The summed E-state index contributed by atoms with van der Waals surface area (Å²) < 4.78 is 31.9. The third-order valence-electron chi connectivity index (χ3n) is 2.82. The molecule has 0 spiro atoms. The number of ether oxygens (including phenoxy) is 1. The SMILES string of the molecule is CC(C)[C@@H](NS(=O)(=O)c1cccs1)C(=O)OCC(=O)NC(C)(C)C. The summed E-state index contributed by atoms with van der Waals surface area (Å²) in [5.41, 5.74) is -0.443. The largest absolute Gasteiger partial charge is 0.454 e. The molecule has 0 bridgehead atoms. The monoisotopic (exact) mass is 376 g/mol. The van der Waals surface area contributed by atoms with Gasteiger partial charge >= 0.3 is 5.97 Å². The molecule has 1 atom stereocenters. The Labute approximate surface area is 146 Å². The van der Waals surface area contributed by atoms with Gasteiger partial charge in [0.05, 0.1) is 0 Å². The van der Waals surface area contributed by atoms with Crippen molar-refractivity contribution in [2.24, 2.45) is 5.92 Å². The number of nitrogens with one attached hydrogen (secondary N) is 2. The summed E-state index contributed by atoms with van der Waals surface area (Å²) in [5.74, 6) is -1.56. The second-order valence-corrected chi connectivity index (χ2v) is 9.57. The number of esters is 1. The average Bonchev–Trinajstić information content (AvgIpc) is 2.95. The summed E-state index contributed by atoms with van der Waals surface area (Å²) in [5, 5.41) is 4.29. The Morgan fingerprint density at radius 2 is 1.92 bits per heavy atom. The minimum Gasteiger partial charge on any atom is -0.454 e. The third-order valence-corrected chi connectivity index (χ3v) is 5.66. The molecule has 0 saturated carbocycles. The zero-order valence-corrected chi connectivity index (χ0v) is 16.1. The lowest BCUT2D eigenvalue weighted by molar-refractivity contribution is -0.151. The molecule has 0 aliphatic heterocycles. The zero-order valence-electron chi connectivity index (χ0n) is 14.5. The van der Waals surface area contributed by atoms with Crippen LogP contribution in [-0.4, -0.2) is 38.5 Å². The van der Waals surface area contributed by atoms with Gasteiger partial charge in [0.1, 0.15) is 10.3 Å². The first-order valence-electron chi connectivity index (χ1n) is 7.46. The van der Waals surface area contributed by atoms with E-state index in [1.54, 1.807) is 46.1 Å². The summed E-state index contributed by atoms with van der Waals surface area (Å²) in [7, 11) is -3.81. The van der Waals surface area contributed by atoms with Gasteiger partial charge in [-0.05, 0) is 38.1 Å². The Balaban J connectivity index is 2.72. The number of hydrogen-bond donors (Lipinski definition) is 2. The highest BCUT2D eigenvalue weighted by Gasteiger charge is 2.30. The predicted molar refractivity (Wildman–Crippen MR) is 92.1 cm³/mol. The smallest absolute Gasteiger partial charge is 0.324 e. The summed E-state index contributed by atoms with van der Waals surface area (Å²) in [4.78, 5) is 23.9. The highest BCUT2D eigenvalue weighted by atomic mass is 32.2. The molecule has 1 rings (SSSR count). The van der Waals surface area contributed by atoms with Gasteiger partial charge in [0.25, 0.3) is 15.9 Å². The van der Waals surface area contributed by atoms with Crippen LogP contribution in [0.4, 0.5) is 0 Å². The molecule has 24 heavy (non-hydrogen) atoms. The Bertz CT molecular complexity index is 661. The summed E-state index contributed by atoms with van der Waals surface area (Å²) in [6.45, 7) is 8.34. The van der Waals surface area contributed by atoms with Crippen molar-refractivity contribution >= 4 is 33.2 Å². The van der Waals surface area contributed by atoms with Crippen molar-refractivity contribution in [3.63, 3.8) is 0 Å². The normalized spacial score (nSPS) is 13.6. The van der Waals surface area contributed by atoms with E-state index in [1.807, 2.05) is 0 Å². The first kappa shape index (κ1) is 20.6. The lowest BCUT2D eigenvalue weighted by Gasteiger charge is -2.22. The van der Waals surface area contributed by atoms with Crippen molar-refractivity contribution in [1.29, 1.82) is 0 Å². The molecule has 0 aromatic carbocycles. The number of sulfonamides is 1. The minimum absolute atomic E-state index is 0.117. The Morgan fingerprint density at radius 3 is 2.38 bits per heavy atom. The van der Waals surface area contributed by atoms with Gasteiger partial charge in [-0.15, -0.1) is 11.3 Å². The van der Waals surface area contributed by atoms with Gasteiger partial charge in [-0.3, -0.25) is 9.59 Å². The fraction of sp³-hybridized carbons (Fsp3) is 0.600. The van der Waals surface area contributed by atoms with Gasteiger partial charge in [0.15, 0.2) is 6.61 Å². The fourth-order valence-electron chi connectivity index (χ4n) is 1.78. The van der Waals surface area contributed by atoms with Crippen LogP contribution in [0.1, 0.15) is 34.6 Å². The Morgan fingerprint density at radius 1 is 1.29 bits per heavy atom. The third kappa shape index (κ3) is 6.58. The van der Waals surface area contributed by atoms with Crippen LogP contribution in [0.15, 0.2) is 21.7 Å². The average molecular weight is 377 g/mol. The maximum Gasteiger partial charge on any atom is 0.324 e. The van der Waals surface area contributed by atoms with Crippen LogP contribution in [0.3, 0.4) is 0 Å². The predicted octanol–water partition coefficient (Wildman–Crippen LogP) is 1.51. The molecule has 9 heteroatoms. The number of thiophene rings is 1. The minimum atomic E-state index is -3.81. The van der Waals surface area contributed by atoms with Gasteiger partial charge in [-0.1, -0.05) is 19.9 Å². The van der Waals surface area contributed by atoms with E-state index in [9.17, 15) is 18.0 Å². The van der Waals surface area contributed by atoms with Gasteiger partial charge in [0, 0.05) is 5.54 Å². The summed E-state index contributed by atoms with van der Waals surface area (Å²) >= 11 is 1.05. The van der Waals surface area contributed by atoms with Crippen molar-refractivity contribution in [2.45, 2.75) is 50.4 Å². The summed E-state index contributed by atoms with van der Waals surface area (Å²) in [6.07, 6.45) is 0. The Kier molecular flexibility index (Phi) is 6.94. The maximum absolute atomic E-state index is 12.3. The first-order valence-corrected chi connectivity index (χ1v) is 9.82. The number of amides is 1. The van der Waals surface area contributed by atoms with Crippen molar-refractivity contribution < 1.29 is 22.7 Å². The van der Waals surface area contributed by atoms with Crippen LogP contribution in [0.2, 0.25) is 0 Å². The van der Waals surface area contributed by atoms with Crippen molar-refractivity contribution in [2.75, 3.05) is 6.61 Å². The molecular weight excluding hydrogens is 352 g/mol. The van der Waals surface area contributed by atoms with E-state index in [4.69, 9.17) is 4.74 Å². The van der Waals surface area contributed by atoms with E-state index in [2.05, 4.69) is 10.0 Å². The highest BCUT2D eigenvalue weighted by Crippen LogP contribution is 2.17. The second-order valence-electron chi connectivity index (χ2n) is 6.68. The second kappa shape index (κ2) is 8.09. The van der Waals surface area contributed by atoms with E-state index in [0.717, 1.165) is 11.3 Å². The molecule has 1 aromatic rings. The Hall–Kier alpha value is -1.45. The molecule has 1 aromatic heterocycles. The number of hydrogen-bond acceptors (Lipinski definition) is 6. The lowest BCUT2D eigenvalue weighted by Crippen LogP contribution is -2.47. The van der Waals surface area contributed by atoms with Crippen LogP contribution in [-0.2, 0) is 24.3 Å². The molecule has 0 radical (unpaired) electrons. The molecule has 0 unspecified atom stereocenters. The summed E-state index contributed by atoms with van der Waals surface area (Å²) in [6, 6.07) is 1.99. The molecule has 1 amide bonds. The zero-order chi connectivity index (χ0) is 18.5. The van der Waals surface area contributed by atoms with Crippen LogP contribution >= 0.6 is 11.3 Å². The fourth-order valence-corrected chi connectivity index (χ4v) is 4.12. The number of carbonyl (C=O) groups is 2. The van der Waals surface area contributed by atoms with Crippen molar-refractivity contribution in [1.82, 2.24) is 10.0 Å². The van der Waals surface area contributed by atoms with E-state index in [0.29, 0.717) is 0 Å². The highest BCUT2D eigenvalue weighted by molar-refractivity contribution is 7.91. The molecule has 0 saturated heterocycles. The quantitative estimate of drug-likeness (QED) is 0.703. The van der Waals surface area contributed by atoms with Crippen LogP contribution in [0.25, 0.3) is 0 Å². The molecular formula is C15H24N2O5S2. The van der Waals surface area contributed by atoms with Gasteiger partial charge < -0.3 is 10.1 Å². The van der Waals surface area contributed by atoms with E-state index in [1.165, 1.54) is 6.07 Å². The number of carbonyl (C=O) groups excluding carboxylic acids is 2. The molecule has 2 N–H and O–H groups in total. The maximum atomic E-state index is 12.3. The van der Waals surface area contributed by atoms with Crippen molar-refractivity contribution in [3.8, 4) is 0 Å². The first-order chi connectivity index (χ1) is 10.9. The standard InChI is InChI=1S/C15H24N2O5S2/c1-10(2)13(17-24(20,21)12-7-6-8-23-12)14(19)22-9-11(18)16-15(3,4)5/h6-8,10,13,17H,9H2,1-5H3,(H,16,18)/t13-/m1/s1. The van der Waals surface area contributed by atoms with E-state index < -0.39 is 40.1 Å². The molecule has 0 fully saturated rings. The van der Waals surface area contributed by atoms with Gasteiger partial charge in [-0.25, -0.2) is 8.42 Å². The molecule has 1 heterocycles. The van der Waals surface area contributed by atoms with Gasteiger partial charge in [0.2, 0.25) is 0 Å². The molecule has 0 aliphatic carbocycles.